The van der Waals surface area contributed by atoms with E-state index >= 15 is 0 Å². The Morgan fingerprint density at radius 1 is 0.909 bits per heavy atom. The largest absolute Gasteiger partial charge is 0.480 e. The number of hydrogen-bond donors (Lipinski definition) is 3. The Hall–Kier alpha value is -1.59. The highest BCUT2D eigenvalue weighted by molar-refractivity contribution is 5.90. The molecule has 0 saturated heterocycles. The first-order valence-corrected chi connectivity index (χ1v) is 7.87. The lowest BCUT2D eigenvalue weighted by atomic mass is 10.00. The first kappa shape index (κ1) is 20.4. The van der Waals surface area contributed by atoms with Crippen molar-refractivity contribution in [1.29, 1.82) is 0 Å². The monoisotopic (exact) mass is 314 g/mol. The maximum Gasteiger partial charge on any atom is 0.326 e. The molecule has 0 aliphatic heterocycles. The minimum atomic E-state index is -1.07. The van der Waals surface area contributed by atoms with Crippen LogP contribution in [0.1, 0.15) is 54.4 Å². The molecule has 128 valence electrons. The summed E-state index contributed by atoms with van der Waals surface area (Å²) in [5.74, 6) is -1.52. The molecule has 0 aromatic rings. The highest BCUT2D eigenvalue weighted by Gasteiger charge is 2.28. The summed E-state index contributed by atoms with van der Waals surface area (Å²) in [5.41, 5.74) is 0. The third-order valence-corrected chi connectivity index (χ3v) is 3.18. The van der Waals surface area contributed by atoms with E-state index in [0.717, 1.165) is 0 Å². The molecule has 0 fully saturated rings. The Morgan fingerprint density at radius 3 is 1.82 bits per heavy atom. The number of carboxylic acids is 1. The van der Waals surface area contributed by atoms with Crippen molar-refractivity contribution in [3.8, 4) is 0 Å². The zero-order valence-corrected chi connectivity index (χ0v) is 14.5. The van der Waals surface area contributed by atoms with Crippen LogP contribution < -0.4 is 10.6 Å². The van der Waals surface area contributed by atoms with Gasteiger partial charge in [0, 0.05) is 6.42 Å². The van der Waals surface area contributed by atoms with Crippen molar-refractivity contribution in [2.75, 3.05) is 0 Å². The molecule has 0 radical (unpaired) electrons. The fourth-order valence-electron chi connectivity index (χ4n) is 2.09. The molecule has 22 heavy (non-hydrogen) atoms. The molecule has 6 heteroatoms. The van der Waals surface area contributed by atoms with Crippen LogP contribution in [0.25, 0.3) is 0 Å². The van der Waals surface area contributed by atoms with Gasteiger partial charge < -0.3 is 15.7 Å². The van der Waals surface area contributed by atoms with E-state index in [-0.39, 0.29) is 23.7 Å². The molecule has 2 amide bonds. The van der Waals surface area contributed by atoms with Crippen molar-refractivity contribution in [1.82, 2.24) is 10.6 Å². The predicted molar refractivity (Wildman–Crippen MR) is 85.2 cm³/mol. The second-order valence-corrected chi connectivity index (χ2v) is 6.92. The first-order valence-electron chi connectivity index (χ1n) is 7.87. The molecule has 0 aliphatic carbocycles. The van der Waals surface area contributed by atoms with Gasteiger partial charge in [-0.2, -0.15) is 0 Å². The lowest BCUT2D eigenvalue weighted by Crippen LogP contribution is -2.53. The maximum absolute atomic E-state index is 12.3. The molecule has 0 heterocycles. The van der Waals surface area contributed by atoms with E-state index in [1.807, 2.05) is 27.7 Å². The van der Waals surface area contributed by atoms with Gasteiger partial charge in [-0.05, 0) is 24.2 Å². The summed E-state index contributed by atoms with van der Waals surface area (Å²) in [4.78, 5) is 35.4. The zero-order chi connectivity index (χ0) is 17.4. The summed E-state index contributed by atoms with van der Waals surface area (Å²) in [6, 6.07) is -1.66. The van der Waals surface area contributed by atoms with E-state index in [0.29, 0.717) is 12.8 Å². The molecule has 0 saturated carbocycles. The quantitative estimate of drug-likeness (QED) is 0.604. The highest BCUT2D eigenvalue weighted by atomic mass is 16.4. The Balaban J connectivity index is 4.90. The molecule has 2 atom stereocenters. The summed E-state index contributed by atoms with van der Waals surface area (Å²) < 4.78 is 0. The maximum atomic E-state index is 12.3. The van der Waals surface area contributed by atoms with E-state index in [4.69, 9.17) is 5.11 Å². The van der Waals surface area contributed by atoms with E-state index in [1.165, 1.54) is 0 Å². The van der Waals surface area contributed by atoms with Crippen molar-refractivity contribution in [2.45, 2.75) is 66.5 Å². The predicted octanol–water partition coefficient (Wildman–Crippen LogP) is 1.79. The Bertz CT molecular complexity index is 392. The fraction of sp³-hybridized carbons (Fsp3) is 0.812. The van der Waals surface area contributed by atoms with Gasteiger partial charge in [-0.25, -0.2) is 4.79 Å². The second kappa shape index (κ2) is 9.43. The summed E-state index contributed by atoms with van der Waals surface area (Å²) in [6.07, 6.45) is 0.814. The van der Waals surface area contributed by atoms with Crippen molar-refractivity contribution < 1.29 is 19.5 Å². The smallest absolute Gasteiger partial charge is 0.326 e. The Morgan fingerprint density at radius 2 is 1.45 bits per heavy atom. The van der Waals surface area contributed by atoms with Gasteiger partial charge in [0.05, 0.1) is 0 Å². The van der Waals surface area contributed by atoms with Crippen LogP contribution in [0.15, 0.2) is 0 Å². The summed E-state index contributed by atoms with van der Waals surface area (Å²) in [7, 11) is 0. The summed E-state index contributed by atoms with van der Waals surface area (Å²) in [6.45, 7) is 11.2. The number of nitrogens with one attached hydrogen (secondary N) is 2. The van der Waals surface area contributed by atoms with Gasteiger partial charge >= 0.3 is 5.97 Å². The van der Waals surface area contributed by atoms with Gasteiger partial charge in [0.15, 0.2) is 0 Å². The minimum Gasteiger partial charge on any atom is -0.480 e. The van der Waals surface area contributed by atoms with Crippen LogP contribution in [-0.2, 0) is 14.4 Å². The number of amides is 2. The van der Waals surface area contributed by atoms with Crippen LogP contribution in [-0.4, -0.2) is 35.0 Å². The molecule has 0 bridgehead atoms. The van der Waals surface area contributed by atoms with Crippen LogP contribution in [0.4, 0.5) is 0 Å². The van der Waals surface area contributed by atoms with Gasteiger partial charge in [0.1, 0.15) is 12.1 Å². The topological polar surface area (TPSA) is 95.5 Å². The average molecular weight is 314 g/mol. The third-order valence-electron chi connectivity index (χ3n) is 3.18. The fourth-order valence-corrected chi connectivity index (χ4v) is 2.09. The van der Waals surface area contributed by atoms with Gasteiger partial charge in [-0.1, -0.05) is 41.5 Å². The number of rotatable bonds is 9. The number of carbonyl (C=O) groups is 3. The standard InChI is InChI=1S/C16H30N2O4/c1-9(2)7-12(17-13(19)8-10(3)4)15(20)18-14(11(5)6)16(21)22/h9-12,14H,7-8H2,1-6H3,(H,17,19)(H,18,20)(H,21,22)/t12?,14-/m0/s1. The van der Waals surface area contributed by atoms with Crippen molar-refractivity contribution >= 4 is 17.8 Å². The molecule has 0 rings (SSSR count). The number of aliphatic carboxylic acids is 1. The molecule has 6 nitrogen and oxygen atoms in total. The van der Waals surface area contributed by atoms with Gasteiger partial charge in [-0.3, -0.25) is 9.59 Å². The molecular formula is C16H30N2O4. The summed E-state index contributed by atoms with van der Waals surface area (Å²) >= 11 is 0. The van der Waals surface area contributed by atoms with Gasteiger partial charge in [-0.15, -0.1) is 0 Å². The molecule has 0 aromatic carbocycles. The van der Waals surface area contributed by atoms with Crippen molar-refractivity contribution in [2.24, 2.45) is 17.8 Å². The number of carbonyl (C=O) groups excluding carboxylic acids is 2. The SMILES string of the molecule is CC(C)CC(=O)NC(CC(C)C)C(=O)N[C@H](C(=O)O)C(C)C. The molecule has 0 aliphatic rings. The number of hydrogen-bond acceptors (Lipinski definition) is 3. The second-order valence-electron chi connectivity index (χ2n) is 6.92. The third kappa shape index (κ3) is 8.00. The van der Waals surface area contributed by atoms with E-state index in [9.17, 15) is 14.4 Å². The molecular weight excluding hydrogens is 284 g/mol. The van der Waals surface area contributed by atoms with Crippen LogP contribution >= 0.6 is 0 Å². The average Bonchev–Trinajstić information content (AvgIpc) is 2.32. The zero-order valence-electron chi connectivity index (χ0n) is 14.5. The van der Waals surface area contributed by atoms with Crippen LogP contribution in [0.3, 0.4) is 0 Å². The minimum absolute atomic E-state index is 0.188. The normalized spacial score (nSPS) is 14.0. The molecule has 0 aromatic heterocycles. The Kier molecular flexibility index (Phi) is 8.75. The van der Waals surface area contributed by atoms with Gasteiger partial charge in [0.25, 0.3) is 0 Å². The first-order chi connectivity index (χ1) is 10.0. The van der Waals surface area contributed by atoms with E-state index < -0.39 is 24.0 Å². The molecule has 1 unspecified atom stereocenters. The van der Waals surface area contributed by atoms with E-state index in [2.05, 4.69) is 10.6 Å². The van der Waals surface area contributed by atoms with Crippen molar-refractivity contribution in [3.05, 3.63) is 0 Å². The van der Waals surface area contributed by atoms with Gasteiger partial charge in [0.2, 0.25) is 11.8 Å². The van der Waals surface area contributed by atoms with Crippen LogP contribution in [0.5, 0.6) is 0 Å². The van der Waals surface area contributed by atoms with E-state index in [1.54, 1.807) is 13.8 Å². The Labute approximate surface area is 133 Å². The molecule has 0 spiro atoms. The highest BCUT2D eigenvalue weighted by Crippen LogP contribution is 2.09. The van der Waals surface area contributed by atoms with Crippen molar-refractivity contribution in [3.63, 3.8) is 0 Å². The van der Waals surface area contributed by atoms with Crippen LogP contribution in [0.2, 0.25) is 0 Å². The number of carboxylic acid groups (broad SMARTS) is 1. The lowest BCUT2D eigenvalue weighted by molar-refractivity contribution is -0.143. The van der Waals surface area contributed by atoms with Crippen LogP contribution in [0, 0.1) is 17.8 Å². The lowest BCUT2D eigenvalue weighted by Gasteiger charge is -2.24. The molecule has 3 N–H and O–H groups in total. The summed E-state index contributed by atoms with van der Waals surface area (Å²) in [5, 5.41) is 14.4.